The first kappa shape index (κ1) is 11.4. The predicted molar refractivity (Wildman–Crippen MR) is 63.6 cm³/mol. The number of pyridine rings is 1. The number of aromatic nitrogens is 1. The van der Waals surface area contributed by atoms with Gasteiger partial charge in [-0.2, -0.15) is 5.26 Å². The predicted octanol–water partition coefficient (Wildman–Crippen LogP) is 3.49. The highest BCUT2D eigenvalue weighted by atomic mass is 35.5. The number of halogens is 2. The van der Waals surface area contributed by atoms with E-state index in [0.717, 1.165) is 0 Å². The summed E-state index contributed by atoms with van der Waals surface area (Å²) in [7, 11) is 0. The molecule has 84 valence electrons. The molecular weight excluding hydrogens is 241 g/mol. The third kappa shape index (κ3) is 2.92. The van der Waals surface area contributed by atoms with Gasteiger partial charge >= 0.3 is 0 Å². The lowest BCUT2D eigenvalue weighted by Gasteiger charge is -2.06. The Morgan fingerprint density at radius 1 is 1.24 bits per heavy atom. The van der Waals surface area contributed by atoms with Gasteiger partial charge in [0.2, 0.25) is 0 Å². The number of hydrogen-bond acceptors (Lipinski definition) is 3. The molecule has 0 fully saturated rings. The summed E-state index contributed by atoms with van der Waals surface area (Å²) >= 11 is 5.73. The third-order valence-corrected chi connectivity index (χ3v) is 2.24. The van der Waals surface area contributed by atoms with Crippen LogP contribution in [-0.2, 0) is 0 Å². The molecule has 2 aromatic rings. The monoisotopic (exact) mass is 247 g/mol. The Labute approximate surface area is 102 Å². The van der Waals surface area contributed by atoms with Gasteiger partial charge in [-0.25, -0.2) is 9.37 Å². The van der Waals surface area contributed by atoms with Crippen LogP contribution in [0.5, 0.6) is 0 Å². The van der Waals surface area contributed by atoms with Crippen LogP contribution in [0.25, 0.3) is 0 Å². The van der Waals surface area contributed by atoms with Gasteiger partial charge in [-0.15, -0.1) is 0 Å². The van der Waals surface area contributed by atoms with E-state index in [2.05, 4.69) is 10.3 Å². The van der Waals surface area contributed by atoms with Crippen molar-refractivity contribution in [3.63, 3.8) is 0 Å². The van der Waals surface area contributed by atoms with Crippen LogP contribution >= 0.6 is 11.6 Å². The zero-order chi connectivity index (χ0) is 12.3. The van der Waals surface area contributed by atoms with Crippen molar-refractivity contribution in [3.8, 4) is 6.07 Å². The topological polar surface area (TPSA) is 48.7 Å². The molecule has 17 heavy (non-hydrogen) atoms. The molecule has 0 spiro atoms. The minimum Gasteiger partial charge on any atom is -0.355 e. The fourth-order valence-electron chi connectivity index (χ4n) is 1.36. The van der Waals surface area contributed by atoms with Gasteiger partial charge in [-0.05, 0) is 30.3 Å². The summed E-state index contributed by atoms with van der Waals surface area (Å²) in [6, 6.07) is 9.31. The summed E-state index contributed by atoms with van der Waals surface area (Å²) < 4.78 is 13.1. The highest BCUT2D eigenvalue weighted by Gasteiger charge is 2.01. The average molecular weight is 248 g/mol. The molecule has 0 radical (unpaired) electrons. The van der Waals surface area contributed by atoms with Gasteiger partial charge in [0.05, 0.1) is 0 Å². The van der Waals surface area contributed by atoms with Crippen molar-refractivity contribution in [2.45, 2.75) is 0 Å². The Bertz CT molecular complexity index is 572. The highest BCUT2D eigenvalue weighted by molar-refractivity contribution is 6.30. The molecule has 1 aromatic heterocycles. The number of anilines is 2. The number of nitrogens with zero attached hydrogens (tertiary/aromatic N) is 2. The number of hydrogen-bond donors (Lipinski definition) is 1. The zero-order valence-electron chi connectivity index (χ0n) is 8.61. The summed E-state index contributed by atoms with van der Waals surface area (Å²) in [6.45, 7) is 0. The maximum atomic E-state index is 13.1. The van der Waals surface area contributed by atoms with Gasteiger partial charge in [-0.1, -0.05) is 11.6 Å². The van der Waals surface area contributed by atoms with Crippen LogP contribution in [0.15, 0.2) is 36.5 Å². The maximum Gasteiger partial charge on any atom is 0.142 e. The van der Waals surface area contributed by atoms with E-state index in [1.165, 1.54) is 18.3 Å². The van der Waals surface area contributed by atoms with E-state index < -0.39 is 5.82 Å². The normalized spacial score (nSPS) is 9.71. The molecule has 0 amide bonds. The molecular formula is C12H7ClFN3. The molecule has 0 bridgehead atoms. The fourth-order valence-corrected chi connectivity index (χ4v) is 1.58. The minimum atomic E-state index is -0.422. The molecule has 3 nitrogen and oxygen atoms in total. The lowest BCUT2D eigenvalue weighted by Crippen LogP contribution is -1.93. The number of benzene rings is 1. The van der Waals surface area contributed by atoms with Crippen LogP contribution in [0, 0.1) is 17.1 Å². The van der Waals surface area contributed by atoms with Crippen LogP contribution in [0.3, 0.4) is 0 Å². The van der Waals surface area contributed by atoms with E-state index >= 15 is 0 Å². The van der Waals surface area contributed by atoms with Crippen molar-refractivity contribution in [1.29, 1.82) is 5.26 Å². The molecule has 0 atom stereocenters. The van der Waals surface area contributed by atoms with Gasteiger partial charge < -0.3 is 5.32 Å². The highest BCUT2D eigenvalue weighted by Crippen LogP contribution is 2.22. The van der Waals surface area contributed by atoms with Crippen molar-refractivity contribution in [1.82, 2.24) is 4.98 Å². The summed E-state index contributed by atoms with van der Waals surface area (Å²) in [6.07, 6.45) is 1.50. The lowest BCUT2D eigenvalue weighted by atomic mass is 10.2. The summed E-state index contributed by atoms with van der Waals surface area (Å²) in [5.74, 6) is -0.422. The van der Waals surface area contributed by atoms with Crippen molar-refractivity contribution in [2.24, 2.45) is 0 Å². The number of rotatable bonds is 2. The zero-order valence-corrected chi connectivity index (χ0v) is 9.37. The van der Waals surface area contributed by atoms with Crippen molar-refractivity contribution >= 4 is 23.0 Å². The Balaban J connectivity index is 2.28. The van der Waals surface area contributed by atoms with E-state index in [9.17, 15) is 4.39 Å². The summed E-state index contributed by atoms with van der Waals surface area (Å²) in [5.41, 5.74) is 1.46. The van der Waals surface area contributed by atoms with Gasteiger partial charge in [0.15, 0.2) is 0 Å². The maximum absolute atomic E-state index is 13.1. The van der Waals surface area contributed by atoms with Crippen LogP contribution < -0.4 is 5.32 Å². The van der Waals surface area contributed by atoms with E-state index in [4.69, 9.17) is 16.9 Å². The molecule has 0 aliphatic rings. The van der Waals surface area contributed by atoms with Gasteiger partial charge in [0.25, 0.3) is 0 Å². The molecule has 2 rings (SSSR count). The molecule has 5 heteroatoms. The summed E-state index contributed by atoms with van der Waals surface area (Å²) in [4.78, 5) is 3.83. The molecule has 1 N–H and O–H groups in total. The summed E-state index contributed by atoms with van der Waals surface area (Å²) in [5, 5.41) is 11.9. The first-order valence-electron chi connectivity index (χ1n) is 4.76. The molecule has 0 aliphatic heterocycles. The van der Waals surface area contributed by atoms with Crippen LogP contribution in [0.1, 0.15) is 5.69 Å². The van der Waals surface area contributed by atoms with Crippen molar-refractivity contribution in [2.75, 3.05) is 5.32 Å². The van der Waals surface area contributed by atoms with E-state index in [1.807, 2.05) is 6.07 Å². The second kappa shape index (κ2) is 4.81. The molecule has 0 saturated heterocycles. The average Bonchev–Trinajstić information content (AvgIpc) is 2.28. The van der Waals surface area contributed by atoms with Gasteiger partial charge in [-0.3, -0.25) is 0 Å². The number of nitriles is 1. The Morgan fingerprint density at radius 2 is 2.06 bits per heavy atom. The van der Waals surface area contributed by atoms with E-state index in [-0.39, 0.29) is 5.69 Å². The molecule has 1 heterocycles. The van der Waals surface area contributed by atoms with Crippen molar-refractivity contribution in [3.05, 3.63) is 53.1 Å². The number of nitrogens with one attached hydrogen (secondary N) is 1. The second-order valence-electron chi connectivity index (χ2n) is 3.32. The van der Waals surface area contributed by atoms with E-state index in [1.54, 1.807) is 18.2 Å². The third-order valence-electron chi connectivity index (χ3n) is 2.03. The quantitative estimate of drug-likeness (QED) is 0.884. The molecule has 0 aliphatic carbocycles. The lowest BCUT2D eigenvalue weighted by molar-refractivity contribution is 0.628. The fraction of sp³-hybridized carbons (Fsp3) is 0. The Morgan fingerprint density at radius 3 is 2.76 bits per heavy atom. The largest absolute Gasteiger partial charge is 0.355 e. The van der Waals surface area contributed by atoms with Crippen molar-refractivity contribution < 1.29 is 4.39 Å². The van der Waals surface area contributed by atoms with E-state index in [0.29, 0.717) is 16.4 Å². The first-order valence-corrected chi connectivity index (χ1v) is 5.14. The molecule has 0 unspecified atom stereocenters. The van der Waals surface area contributed by atoms with Gasteiger partial charge in [0, 0.05) is 22.6 Å². The molecule has 1 aromatic carbocycles. The van der Waals surface area contributed by atoms with Crippen LogP contribution in [-0.4, -0.2) is 4.98 Å². The second-order valence-corrected chi connectivity index (χ2v) is 3.76. The standard InChI is InChI=1S/C12H7ClFN3/c13-8-3-9(14)5-11(4-8)17-10-1-2-16-12(6-10)7-15/h1-6H,(H,16,17). The smallest absolute Gasteiger partial charge is 0.142 e. The van der Waals surface area contributed by atoms with Crippen LogP contribution in [0.2, 0.25) is 5.02 Å². The Hall–Kier alpha value is -2.12. The van der Waals surface area contributed by atoms with Gasteiger partial charge in [0.1, 0.15) is 17.6 Å². The first-order chi connectivity index (χ1) is 8.17. The van der Waals surface area contributed by atoms with Crippen LogP contribution in [0.4, 0.5) is 15.8 Å². The Kier molecular flexibility index (Phi) is 3.22. The minimum absolute atomic E-state index is 0.289. The molecule has 0 saturated carbocycles. The SMILES string of the molecule is N#Cc1cc(Nc2cc(F)cc(Cl)c2)ccn1.